The minimum absolute atomic E-state index is 0.0369. The molecule has 0 saturated heterocycles. The van der Waals surface area contributed by atoms with Crippen molar-refractivity contribution in [2.75, 3.05) is 0 Å². The van der Waals surface area contributed by atoms with Crippen LogP contribution < -0.4 is 0 Å². The van der Waals surface area contributed by atoms with Gasteiger partial charge in [-0.3, -0.25) is 0 Å². The van der Waals surface area contributed by atoms with Crippen molar-refractivity contribution in [3.8, 4) is 0 Å². The zero-order valence-corrected chi connectivity index (χ0v) is 16.2. The van der Waals surface area contributed by atoms with Crippen molar-refractivity contribution in [1.29, 1.82) is 0 Å². The van der Waals surface area contributed by atoms with Crippen LogP contribution in [-0.2, 0) is 19.6 Å². The Kier molecular flexibility index (Phi) is 9.79. The van der Waals surface area contributed by atoms with E-state index in [9.17, 15) is 0 Å². The van der Waals surface area contributed by atoms with Gasteiger partial charge < -0.3 is 0 Å². The molecule has 2 atom stereocenters. The maximum Gasteiger partial charge on any atom is 0.0977 e. The van der Waals surface area contributed by atoms with Crippen molar-refractivity contribution in [2.24, 2.45) is 5.92 Å². The van der Waals surface area contributed by atoms with Crippen LogP contribution in [0.3, 0.4) is 0 Å². The number of hydrogen-bond acceptors (Lipinski definition) is 4. The zero-order valence-electron chi connectivity index (χ0n) is 16.2. The monoisotopic (exact) mass is 318 g/mol. The molecule has 4 nitrogen and oxygen atoms in total. The second kappa shape index (κ2) is 9.86. The molecule has 0 bridgehead atoms. The molecule has 0 saturated carbocycles. The summed E-state index contributed by atoms with van der Waals surface area (Å²) in [5.41, 5.74) is -0.486. The predicted molar refractivity (Wildman–Crippen MR) is 90.4 cm³/mol. The highest BCUT2D eigenvalue weighted by atomic mass is 17.2. The Morgan fingerprint density at radius 3 is 1.59 bits per heavy atom. The van der Waals surface area contributed by atoms with E-state index in [4.69, 9.17) is 19.6 Å². The third-order valence-corrected chi connectivity index (χ3v) is 4.14. The molecule has 0 radical (unpaired) electrons. The minimum atomic E-state index is -0.247. The van der Waals surface area contributed by atoms with E-state index in [0.717, 1.165) is 25.7 Å². The van der Waals surface area contributed by atoms with E-state index in [1.165, 1.54) is 0 Å². The van der Waals surface area contributed by atoms with Gasteiger partial charge in [0.25, 0.3) is 0 Å². The Hall–Kier alpha value is -0.160. The van der Waals surface area contributed by atoms with E-state index in [1.807, 2.05) is 34.6 Å². The largest absolute Gasteiger partial charge is 0.233 e. The Morgan fingerprint density at radius 1 is 0.727 bits per heavy atom. The van der Waals surface area contributed by atoms with Gasteiger partial charge in [0.15, 0.2) is 0 Å². The van der Waals surface area contributed by atoms with Gasteiger partial charge in [-0.15, -0.1) is 0 Å². The summed E-state index contributed by atoms with van der Waals surface area (Å²) in [6, 6.07) is 0. The molecule has 4 heteroatoms. The summed E-state index contributed by atoms with van der Waals surface area (Å²) in [7, 11) is 0. The van der Waals surface area contributed by atoms with Crippen molar-refractivity contribution in [3.05, 3.63) is 0 Å². The number of rotatable bonds is 12. The van der Waals surface area contributed by atoms with Gasteiger partial charge >= 0.3 is 0 Å². The Morgan fingerprint density at radius 2 is 1.18 bits per heavy atom. The first kappa shape index (κ1) is 21.8. The van der Waals surface area contributed by atoms with Gasteiger partial charge in [-0.25, -0.2) is 19.6 Å². The minimum Gasteiger partial charge on any atom is -0.233 e. The summed E-state index contributed by atoms with van der Waals surface area (Å²) in [5, 5.41) is 0. The highest BCUT2D eigenvalue weighted by Gasteiger charge is 2.24. The molecule has 134 valence electrons. The van der Waals surface area contributed by atoms with E-state index < -0.39 is 0 Å². The van der Waals surface area contributed by atoms with Gasteiger partial charge in [-0.1, -0.05) is 27.7 Å². The molecular weight excluding hydrogens is 280 g/mol. The van der Waals surface area contributed by atoms with Gasteiger partial charge in [0.2, 0.25) is 0 Å². The first-order chi connectivity index (χ1) is 10.0. The molecule has 2 unspecified atom stereocenters. The maximum absolute atomic E-state index is 5.68. The normalized spacial score (nSPS) is 16.1. The molecule has 0 aromatic rings. The molecule has 0 heterocycles. The van der Waals surface area contributed by atoms with Crippen LogP contribution >= 0.6 is 0 Å². The van der Waals surface area contributed by atoms with Crippen molar-refractivity contribution < 1.29 is 19.6 Å². The molecule has 0 aromatic carbocycles. The highest BCUT2D eigenvalue weighted by Crippen LogP contribution is 2.22. The lowest BCUT2D eigenvalue weighted by molar-refractivity contribution is -0.390. The van der Waals surface area contributed by atoms with Crippen LogP contribution in [0.1, 0.15) is 88.0 Å². The van der Waals surface area contributed by atoms with Gasteiger partial charge in [-0.05, 0) is 66.2 Å². The second-order valence-electron chi connectivity index (χ2n) is 7.76. The average molecular weight is 318 g/mol. The molecule has 0 aliphatic carbocycles. The summed E-state index contributed by atoms with van der Waals surface area (Å²) < 4.78 is 0. The van der Waals surface area contributed by atoms with Gasteiger partial charge in [0.05, 0.1) is 23.4 Å². The highest BCUT2D eigenvalue weighted by molar-refractivity contribution is 4.67. The summed E-state index contributed by atoms with van der Waals surface area (Å²) >= 11 is 0. The van der Waals surface area contributed by atoms with Gasteiger partial charge in [-0.2, -0.15) is 0 Å². The topological polar surface area (TPSA) is 36.9 Å². The second-order valence-corrected chi connectivity index (χ2v) is 7.76. The lowest BCUT2D eigenvalue weighted by Gasteiger charge is -2.28. The van der Waals surface area contributed by atoms with Crippen LogP contribution in [-0.4, -0.2) is 23.4 Å². The molecule has 0 fully saturated rings. The third-order valence-electron chi connectivity index (χ3n) is 4.14. The van der Waals surface area contributed by atoms with E-state index in [1.54, 1.807) is 0 Å². The van der Waals surface area contributed by atoms with Crippen molar-refractivity contribution in [2.45, 2.75) is 111 Å². The fraction of sp³-hybridized carbons (Fsp3) is 1.00. The summed E-state index contributed by atoms with van der Waals surface area (Å²) in [4.78, 5) is 22.3. The SMILES string of the molecule is CCC(C)(C)OOC(C)CCC(OOC(C)(C)CC)C(C)C. The van der Waals surface area contributed by atoms with Crippen molar-refractivity contribution in [3.63, 3.8) is 0 Å². The quantitative estimate of drug-likeness (QED) is 0.354. The molecule has 0 amide bonds. The lowest BCUT2D eigenvalue weighted by atomic mass is 10.0. The standard InChI is InChI=1S/C18H38O4/c1-10-17(6,7)21-19-15(5)12-13-16(14(3)4)20-22-18(8,9)11-2/h14-16H,10-13H2,1-9H3. The first-order valence-electron chi connectivity index (χ1n) is 8.72. The predicted octanol–water partition coefficient (Wildman–Crippen LogP) is 5.45. The van der Waals surface area contributed by atoms with E-state index in [2.05, 4.69) is 27.7 Å². The summed E-state index contributed by atoms with van der Waals surface area (Å²) in [5.74, 6) is 0.396. The van der Waals surface area contributed by atoms with Crippen LogP contribution in [0.15, 0.2) is 0 Å². The van der Waals surface area contributed by atoms with Crippen LogP contribution in [0.4, 0.5) is 0 Å². The molecular formula is C18H38O4. The fourth-order valence-corrected chi connectivity index (χ4v) is 1.46. The fourth-order valence-electron chi connectivity index (χ4n) is 1.46. The molecule has 0 aromatic heterocycles. The Bertz CT molecular complexity index is 287. The van der Waals surface area contributed by atoms with Gasteiger partial charge in [0, 0.05) is 0 Å². The molecule has 0 spiro atoms. The zero-order chi connectivity index (χ0) is 17.4. The van der Waals surface area contributed by atoms with Crippen LogP contribution in [0.5, 0.6) is 0 Å². The van der Waals surface area contributed by atoms with E-state index in [-0.39, 0.29) is 23.4 Å². The first-order valence-corrected chi connectivity index (χ1v) is 8.72. The number of hydrogen-bond donors (Lipinski definition) is 0. The van der Waals surface area contributed by atoms with Gasteiger partial charge in [0.1, 0.15) is 0 Å². The summed E-state index contributed by atoms with van der Waals surface area (Å²) in [6.07, 6.45) is 3.69. The Balaban J connectivity index is 4.19. The summed E-state index contributed by atoms with van der Waals surface area (Å²) in [6.45, 7) is 18.6. The molecule has 0 rings (SSSR count). The van der Waals surface area contributed by atoms with Crippen molar-refractivity contribution >= 4 is 0 Å². The third kappa shape index (κ3) is 9.78. The van der Waals surface area contributed by atoms with Crippen LogP contribution in [0, 0.1) is 5.92 Å². The van der Waals surface area contributed by atoms with Crippen molar-refractivity contribution in [1.82, 2.24) is 0 Å². The lowest BCUT2D eigenvalue weighted by Crippen LogP contribution is -2.30. The molecule has 22 heavy (non-hydrogen) atoms. The van der Waals surface area contributed by atoms with E-state index in [0.29, 0.717) is 5.92 Å². The van der Waals surface area contributed by atoms with E-state index >= 15 is 0 Å². The van der Waals surface area contributed by atoms with Crippen LogP contribution in [0.25, 0.3) is 0 Å². The average Bonchev–Trinajstić information content (AvgIpc) is 2.44. The molecule has 0 N–H and O–H groups in total. The maximum atomic E-state index is 5.68. The van der Waals surface area contributed by atoms with Crippen LogP contribution in [0.2, 0.25) is 0 Å². The Labute approximate surface area is 137 Å². The molecule has 0 aliphatic rings. The molecule has 0 aliphatic heterocycles. The smallest absolute Gasteiger partial charge is 0.0977 e.